The molecule has 0 aromatic heterocycles. The van der Waals surface area contributed by atoms with Crippen LogP contribution in [0.2, 0.25) is 0 Å². The molecule has 3 nitrogen and oxygen atoms in total. The van der Waals surface area contributed by atoms with E-state index in [1.54, 1.807) is 5.57 Å². The molecule has 6 unspecified atom stereocenters. The molecule has 4 aliphatic rings. The first-order valence-electron chi connectivity index (χ1n) is 19.9. The topological polar surface area (TPSA) is 27.3 Å². The van der Waals surface area contributed by atoms with Gasteiger partial charge >= 0.3 is 0 Å². The van der Waals surface area contributed by atoms with E-state index in [1.807, 2.05) is 0 Å². The van der Waals surface area contributed by atoms with Crippen LogP contribution in [0, 0.1) is 17.8 Å². The Labute approximate surface area is 269 Å². The predicted molar refractivity (Wildman–Crippen MR) is 189 cm³/mol. The van der Waals surface area contributed by atoms with Gasteiger partial charge < -0.3 is 10.6 Å². The molecule has 43 heavy (non-hydrogen) atoms. The summed E-state index contributed by atoms with van der Waals surface area (Å²) in [6.45, 7) is 12.2. The Morgan fingerprint density at radius 1 is 0.581 bits per heavy atom. The molecule has 4 heterocycles. The minimum atomic E-state index is 0.719. The Bertz CT molecular complexity index is 763. The van der Waals surface area contributed by atoms with Crippen molar-refractivity contribution in [3.05, 3.63) is 11.6 Å². The lowest BCUT2D eigenvalue weighted by Gasteiger charge is -2.36. The number of hydrogen-bond donors (Lipinski definition) is 2. The maximum absolute atomic E-state index is 3.86. The van der Waals surface area contributed by atoms with Crippen molar-refractivity contribution in [2.75, 3.05) is 13.1 Å². The predicted octanol–water partition coefficient (Wildman–Crippen LogP) is 10.6. The molecule has 3 fully saturated rings. The molecule has 4 rings (SSSR count). The molecule has 0 radical (unpaired) electrons. The van der Waals surface area contributed by atoms with E-state index in [0.29, 0.717) is 0 Å². The van der Waals surface area contributed by atoms with Crippen LogP contribution in [0.25, 0.3) is 0 Å². The van der Waals surface area contributed by atoms with E-state index in [1.165, 1.54) is 167 Å². The van der Waals surface area contributed by atoms with Crippen LogP contribution in [0.15, 0.2) is 11.6 Å². The molecule has 0 spiro atoms. The second-order valence-electron chi connectivity index (χ2n) is 16.1. The van der Waals surface area contributed by atoms with Gasteiger partial charge in [0.15, 0.2) is 0 Å². The smallest absolute Gasteiger partial charge is 0.0196 e. The second kappa shape index (κ2) is 20.0. The van der Waals surface area contributed by atoms with Gasteiger partial charge in [-0.2, -0.15) is 0 Å². The number of hydrogen-bond acceptors (Lipinski definition) is 3. The number of fused-ring (bicyclic) bond motifs is 1. The largest absolute Gasteiger partial charge is 0.311 e. The maximum atomic E-state index is 3.86. The van der Waals surface area contributed by atoms with Gasteiger partial charge in [-0.15, -0.1) is 0 Å². The number of rotatable bonds is 20. The Morgan fingerprint density at radius 2 is 1.07 bits per heavy atom. The lowest BCUT2D eigenvalue weighted by atomic mass is 9.85. The van der Waals surface area contributed by atoms with Gasteiger partial charge in [-0.1, -0.05) is 109 Å². The van der Waals surface area contributed by atoms with Gasteiger partial charge in [-0.25, -0.2) is 0 Å². The molecule has 0 saturated carbocycles. The summed E-state index contributed by atoms with van der Waals surface area (Å²) in [7, 11) is 0. The third kappa shape index (κ3) is 12.7. The molecule has 0 aliphatic carbocycles. The summed E-state index contributed by atoms with van der Waals surface area (Å²) >= 11 is 0. The summed E-state index contributed by atoms with van der Waals surface area (Å²) in [5, 5.41) is 7.72. The van der Waals surface area contributed by atoms with Crippen molar-refractivity contribution in [3.63, 3.8) is 0 Å². The van der Waals surface area contributed by atoms with Crippen molar-refractivity contribution in [3.8, 4) is 0 Å². The van der Waals surface area contributed by atoms with Crippen molar-refractivity contribution in [2.45, 2.75) is 212 Å². The standard InChI is InChI=1S/C40H75N3/c1-32-25-27-38(41-34(32)3)22-17-13-9-5-7-11-15-20-36-30-37(40-24-19-29-43(40)31-36)21-16-12-8-6-10-14-18-23-39-28-26-33(2)35(4)42-39/h30,32-35,37-42H,5-29,31H2,1-4H3/t32?,33?,34?,35?,37?,38-,39-,40?/m1/s1. The summed E-state index contributed by atoms with van der Waals surface area (Å²) in [5.41, 5.74) is 1.79. The highest BCUT2D eigenvalue weighted by atomic mass is 15.2. The first-order chi connectivity index (χ1) is 21.0. The summed E-state index contributed by atoms with van der Waals surface area (Å²) < 4.78 is 0. The lowest BCUT2D eigenvalue weighted by Crippen LogP contribution is -2.44. The summed E-state index contributed by atoms with van der Waals surface area (Å²) in [6, 6.07) is 3.91. The number of piperidine rings is 2. The number of unbranched alkanes of at least 4 members (excludes halogenated alkanes) is 12. The fraction of sp³-hybridized carbons (Fsp3) is 0.950. The van der Waals surface area contributed by atoms with Gasteiger partial charge in [0.05, 0.1) is 0 Å². The molecular formula is C40H75N3. The minimum absolute atomic E-state index is 0.719. The fourth-order valence-electron chi connectivity index (χ4n) is 9.10. The molecule has 250 valence electrons. The molecule has 0 amide bonds. The zero-order valence-corrected chi connectivity index (χ0v) is 29.5. The van der Waals surface area contributed by atoms with E-state index in [-0.39, 0.29) is 0 Å². The van der Waals surface area contributed by atoms with Gasteiger partial charge in [-0.05, 0) is 109 Å². The SMILES string of the molecule is CC1CC[C@@H](CCCCCCCCCC2=CC(CCCCCCCCC[C@@H]3CCC(C)C(C)N3)C3CCCN3C2)NC1C. The van der Waals surface area contributed by atoms with Crippen molar-refractivity contribution >= 4 is 0 Å². The molecule has 0 bridgehead atoms. The molecule has 2 N–H and O–H groups in total. The number of nitrogens with zero attached hydrogens (tertiary/aromatic N) is 1. The molecule has 3 heteroatoms. The van der Waals surface area contributed by atoms with E-state index in [2.05, 4.69) is 49.3 Å². The van der Waals surface area contributed by atoms with Gasteiger partial charge in [0.2, 0.25) is 0 Å². The Kier molecular flexibility index (Phi) is 16.5. The van der Waals surface area contributed by atoms with Crippen molar-refractivity contribution in [1.29, 1.82) is 0 Å². The Morgan fingerprint density at radius 3 is 1.60 bits per heavy atom. The highest BCUT2D eigenvalue weighted by molar-refractivity contribution is 5.15. The molecule has 0 aromatic carbocycles. The van der Waals surface area contributed by atoms with E-state index >= 15 is 0 Å². The summed E-state index contributed by atoms with van der Waals surface area (Å²) in [6.07, 6.45) is 37.2. The third-order valence-electron chi connectivity index (χ3n) is 12.6. The van der Waals surface area contributed by atoms with E-state index < -0.39 is 0 Å². The third-order valence-corrected chi connectivity index (χ3v) is 12.6. The summed E-state index contributed by atoms with van der Waals surface area (Å²) in [5.74, 6) is 2.57. The zero-order valence-electron chi connectivity index (χ0n) is 29.5. The maximum Gasteiger partial charge on any atom is 0.0196 e. The average Bonchev–Trinajstić information content (AvgIpc) is 3.48. The van der Waals surface area contributed by atoms with Gasteiger partial charge in [0, 0.05) is 36.8 Å². The zero-order chi connectivity index (χ0) is 30.3. The Balaban J connectivity index is 0.986. The minimum Gasteiger partial charge on any atom is -0.311 e. The first kappa shape index (κ1) is 35.5. The van der Waals surface area contributed by atoms with Gasteiger partial charge in [0.25, 0.3) is 0 Å². The van der Waals surface area contributed by atoms with Crippen LogP contribution in [-0.2, 0) is 0 Å². The normalized spacial score (nSPS) is 33.4. The van der Waals surface area contributed by atoms with Crippen molar-refractivity contribution < 1.29 is 0 Å². The first-order valence-corrected chi connectivity index (χ1v) is 19.9. The molecular weight excluding hydrogens is 522 g/mol. The molecule has 3 saturated heterocycles. The van der Waals surface area contributed by atoms with Crippen LogP contribution >= 0.6 is 0 Å². The fourth-order valence-corrected chi connectivity index (χ4v) is 9.10. The van der Waals surface area contributed by atoms with E-state index in [4.69, 9.17) is 0 Å². The molecule has 4 aliphatic heterocycles. The lowest BCUT2D eigenvalue weighted by molar-refractivity contribution is 0.199. The van der Waals surface area contributed by atoms with Crippen LogP contribution in [0.5, 0.6) is 0 Å². The van der Waals surface area contributed by atoms with Crippen LogP contribution < -0.4 is 10.6 Å². The number of nitrogens with one attached hydrogen (secondary N) is 2. The summed E-state index contributed by atoms with van der Waals surface area (Å²) in [4.78, 5) is 2.87. The second-order valence-corrected chi connectivity index (χ2v) is 16.1. The molecule has 8 atom stereocenters. The van der Waals surface area contributed by atoms with Gasteiger partial charge in [0.1, 0.15) is 0 Å². The van der Waals surface area contributed by atoms with Crippen LogP contribution in [0.3, 0.4) is 0 Å². The van der Waals surface area contributed by atoms with Crippen LogP contribution in [0.1, 0.15) is 182 Å². The highest BCUT2D eigenvalue weighted by Crippen LogP contribution is 2.35. The highest BCUT2D eigenvalue weighted by Gasteiger charge is 2.34. The average molecular weight is 598 g/mol. The van der Waals surface area contributed by atoms with Gasteiger partial charge in [-0.3, -0.25) is 4.90 Å². The monoisotopic (exact) mass is 598 g/mol. The van der Waals surface area contributed by atoms with Crippen molar-refractivity contribution in [1.82, 2.24) is 15.5 Å². The van der Waals surface area contributed by atoms with Crippen LogP contribution in [0.4, 0.5) is 0 Å². The Hall–Kier alpha value is -0.380. The van der Waals surface area contributed by atoms with Crippen molar-refractivity contribution in [2.24, 2.45) is 17.8 Å². The molecule has 0 aromatic rings. The quantitative estimate of drug-likeness (QED) is 0.108. The van der Waals surface area contributed by atoms with E-state index in [0.717, 1.165) is 48.0 Å². The van der Waals surface area contributed by atoms with Crippen LogP contribution in [-0.4, -0.2) is 48.2 Å². The van der Waals surface area contributed by atoms with E-state index in [9.17, 15) is 0 Å².